The quantitative estimate of drug-likeness (QED) is 0.798. The van der Waals surface area contributed by atoms with Crippen LogP contribution in [0.5, 0.6) is 0 Å². The normalized spacial score (nSPS) is 10.1. The zero-order chi connectivity index (χ0) is 10.7. The molecule has 0 saturated heterocycles. The van der Waals surface area contributed by atoms with E-state index in [9.17, 15) is 4.39 Å². The maximum absolute atomic E-state index is 12.2. The van der Waals surface area contributed by atoms with Gasteiger partial charge in [-0.05, 0) is 11.4 Å². The first-order chi connectivity index (χ1) is 7.35. The second kappa shape index (κ2) is 4.24. The molecule has 0 aromatic carbocycles. The van der Waals surface area contributed by atoms with Gasteiger partial charge in [0.15, 0.2) is 0 Å². The molecule has 76 valence electrons. The fraction of sp³-hybridized carbons (Fsp3) is 0.200. The molecule has 0 amide bonds. The minimum absolute atomic E-state index is 0.133. The standard InChI is InChI=1S/C10H8FN3S/c11-3-4-14-8(7-12)6-9(13-14)10-2-1-5-15-10/h1-2,5-6H,3-4H2. The summed E-state index contributed by atoms with van der Waals surface area (Å²) in [6.45, 7) is -0.380. The fourth-order valence-electron chi connectivity index (χ4n) is 1.30. The highest BCUT2D eigenvalue weighted by molar-refractivity contribution is 7.13. The lowest BCUT2D eigenvalue weighted by Crippen LogP contribution is -2.03. The minimum Gasteiger partial charge on any atom is -0.252 e. The van der Waals surface area contributed by atoms with E-state index in [1.165, 1.54) is 4.68 Å². The van der Waals surface area contributed by atoms with Gasteiger partial charge in [0.1, 0.15) is 24.1 Å². The van der Waals surface area contributed by atoms with Gasteiger partial charge in [0.2, 0.25) is 0 Å². The van der Waals surface area contributed by atoms with Gasteiger partial charge in [-0.3, -0.25) is 4.68 Å². The van der Waals surface area contributed by atoms with Crippen molar-refractivity contribution in [2.45, 2.75) is 6.54 Å². The highest BCUT2D eigenvalue weighted by atomic mass is 32.1. The summed E-state index contributed by atoms with van der Waals surface area (Å²) in [6, 6.07) is 7.52. The van der Waals surface area contributed by atoms with Crippen molar-refractivity contribution in [1.82, 2.24) is 9.78 Å². The zero-order valence-corrected chi connectivity index (χ0v) is 8.67. The molecule has 0 radical (unpaired) electrons. The first-order valence-electron chi connectivity index (χ1n) is 4.43. The van der Waals surface area contributed by atoms with Crippen molar-refractivity contribution in [3.8, 4) is 16.6 Å². The van der Waals surface area contributed by atoms with Crippen molar-refractivity contribution in [2.24, 2.45) is 0 Å². The van der Waals surface area contributed by atoms with Crippen LogP contribution in [-0.2, 0) is 6.54 Å². The molecule has 0 atom stereocenters. The molecular weight excluding hydrogens is 213 g/mol. The van der Waals surface area contributed by atoms with Crippen LogP contribution in [0.4, 0.5) is 4.39 Å². The SMILES string of the molecule is N#Cc1cc(-c2cccs2)nn1CCF. The van der Waals surface area contributed by atoms with Crippen molar-refractivity contribution in [2.75, 3.05) is 6.67 Å². The lowest BCUT2D eigenvalue weighted by molar-refractivity contribution is 0.426. The Morgan fingerprint density at radius 3 is 3.07 bits per heavy atom. The first-order valence-corrected chi connectivity index (χ1v) is 5.31. The molecule has 2 rings (SSSR count). The molecule has 0 aliphatic heterocycles. The van der Waals surface area contributed by atoms with E-state index in [1.54, 1.807) is 17.4 Å². The molecule has 0 saturated carbocycles. The molecule has 0 fully saturated rings. The molecule has 3 nitrogen and oxygen atoms in total. The summed E-state index contributed by atoms with van der Waals surface area (Å²) >= 11 is 1.55. The molecule has 0 bridgehead atoms. The van der Waals surface area contributed by atoms with E-state index >= 15 is 0 Å². The predicted octanol–water partition coefficient (Wildman–Crippen LogP) is 2.45. The Morgan fingerprint density at radius 1 is 1.60 bits per heavy atom. The second-order valence-corrected chi connectivity index (χ2v) is 3.86. The Labute approximate surface area is 90.4 Å². The Kier molecular flexibility index (Phi) is 2.79. The van der Waals surface area contributed by atoms with Gasteiger partial charge in [-0.15, -0.1) is 11.3 Å². The maximum atomic E-state index is 12.2. The Bertz CT molecular complexity index is 481. The highest BCUT2D eigenvalue weighted by Gasteiger charge is 2.09. The van der Waals surface area contributed by atoms with Crippen molar-refractivity contribution < 1.29 is 4.39 Å². The van der Waals surface area contributed by atoms with Gasteiger partial charge in [-0.1, -0.05) is 6.07 Å². The smallest absolute Gasteiger partial charge is 0.139 e. The number of hydrogen-bond acceptors (Lipinski definition) is 3. The average Bonchev–Trinajstić information content (AvgIpc) is 2.84. The molecule has 2 aromatic heterocycles. The number of rotatable bonds is 3. The van der Waals surface area contributed by atoms with Crippen LogP contribution in [0.2, 0.25) is 0 Å². The van der Waals surface area contributed by atoms with E-state index in [-0.39, 0.29) is 6.54 Å². The van der Waals surface area contributed by atoms with Crippen molar-refractivity contribution >= 4 is 11.3 Å². The van der Waals surface area contributed by atoms with Gasteiger partial charge in [-0.2, -0.15) is 10.4 Å². The molecule has 0 N–H and O–H groups in total. The Hall–Kier alpha value is -1.67. The van der Waals surface area contributed by atoms with Crippen LogP contribution in [0.25, 0.3) is 10.6 Å². The molecule has 0 spiro atoms. The zero-order valence-electron chi connectivity index (χ0n) is 7.85. The first kappa shape index (κ1) is 9.87. The van der Waals surface area contributed by atoms with Gasteiger partial charge < -0.3 is 0 Å². The molecule has 0 aliphatic rings. The number of nitriles is 1. The largest absolute Gasteiger partial charge is 0.252 e. The third-order valence-corrected chi connectivity index (χ3v) is 2.86. The van der Waals surface area contributed by atoms with E-state index in [0.717, 1.165) is 10.6 Å². The van der Waals surface area contributed by atoms with Crippen LogP contribution in [0, 0.1) is 11.3 Å². The number of aromatic nitrogens is 2. The average molecular weight is 221 g/mol. The number of alkyl halides is 1. The molecule has 0 unspecified atom stereocenters. The number of hydrogen-bond donors (Lipinski definition) is 0. The number of thiophene rings is 1. The minimum atomic E-state index is -0.514. The van der Waals surface area contributed by atoms with Gasteiger partial charge in [0.05, 0.1) is 11.4 Å². The van der Waals surface area contributed by atoms with Crippen molar-refractivity contribution in [3.63, 3.8) is 0 Å². The van der Waals surface area contributed by atoms with Crippen LogP contribution in [0.15, 0.2) is 23.6 Å². The molecule has 2 heterocycles. The summed E-state index contributed by atoms with van der Waals surface area (Å²) in [5, 5.41) is 14.9. The van der Waals surface area contributed by atoms with Crippen LogP contribution in [0.3, 0.4) is 0 Å². The summed E-state index contributed by atoms with van der Waals surface area (Å²) in [5.41, 5.74) is 1.13. The van der Waals surface area contributed by atoms with Crippen LogP contribution in [0.1, 0.15) is 5.69 Å². The third kappa shape index (κ3) is 1.90. The molecule has 15 heavy (non-hydrogen) atoms. The fourth-order valence-corrected chi connectivity index (χ4v) is 1.98. The van der Waals surface area contributed by atoms with Gasteiger partial charge in [0, 0.05) is 6.07 Å². The lowest BCUT2D eigenvalue weighted by atomic mass is 10.3. The summed E-state index contributed by atoms with van der Waals surface area (Å²) in [4.78, 5) is 0.990. The van der Waals surface area contributed by atoms with Crippen LogP contribution < -0.4 is 0 Å². The summed E-state index contributed by atoms with van der Waals surface area (Å²) in [6.07, 6.45) is 0. The summed E-state index contributed by atoms with van der Waals surface area (Å²) < 4.78 is 13.6. The second-order valence-electron chi connectivity index (χ2n) is 2.92. The van der Waals surface area contributed by atoms with E-state index in [1.807, 2.05) is 23.6 Å². The topological polar surface area (TPSA) is 41.6 Å². The van der Waals surface area contributed by atoms with E-state index in [4.69, 9.17) is 5.26 Å². The molecule has 2 aromatic rings. The summed E-state index contributed by atoms with van der Waals surface area (Å²) in [5.74, 6) is 0. The van der Waals surface area contributed by atoms with Crippen molar-refractivity contribution in [1.29, 1.82) is 5.26 Å². The Balaban J connectivity index is 2.40. The predicted molar refractivity (Wildman–Crippen MR) is 56.2 cm³/mol. The highest BCUT2D eigenvalue weighted by Crippen LogP contribution is 2.23. The van der Waals surface area contributed by atoms with E-state index in [2.05, 4.69) is 5.10 Å². The number of halogens is 1. The molecule has 0 aliphatic carbocycles. The van der Waals surface area contributed by atoms with Gasteiger partial charge in [-0.25, -0.2) is 4.39 Å². The Morgan fingerprint density at radius 2 is 2.47 bits per heavy atom. The van der Waals surface area contributed by atoms with Crippen LogP contribution >= 0.6 is 11.3 Å². The van der Waals surface area contributed by atoms with Gasteiger partial charge in [0.25, 0.3) is 0 Å². The molecule has 5 heteroatoms. The van der Waals surface area contributed by atoms with Crippen molar-refractivity contribution in [3.05, 3.63) is 29.3 Å². The lowest BCUT2D eigenvalue weighted by Gasteiger charge is -1.96. The third-order valence-electron chi connectivity index (χ3n) is 1.96. The number of nitrogens with zero attached hydrogens (tertiary/aromatic N) is 3. The van der Waals surface area contributed by atoms with E-state index < -0.39 is 6.67 Å². The maximum Gasteiger partial charge on any atom is 0.139 e. The van der Waals surface area contributed by atoms with E-state index in [0.29, 0.717) is 5.69 Å². The summed E-state index contributed by atoms with van der Waals surface area (Å²) in [7, 11) is 0. The van der Waals surface area contributed by atoms with Crippen LogP contribution in [-0.4, -0.2) is 16.5 Å². The monoisotopic (exact) mass is 221 g/mol. The number of aryl methyl sites for hydroxylation is 1. The molecular formula is C10H8FN3S. The van der Waals surface area contributed by atoms with Gasteiger partial charge >= 0.3 is 0 Å².